The number of aromatic nitrogens is 6. The molecule has 0 aliphatic carbocycles. The van der Waals surface area contributed by atoms with Crippen molar-refractivity contribution in [2.24, 2.45) is 0 Å². The van der Waals surface area contributed by atoms with Crippen LogP contribution in [0, 0.1) is 0 Å². The van der Waals surface area contributed by atoms with E-state index in [9.17, 15) is 0 Å². The Labute approximate surface area is 155 Å². The highest BCUT2D eigenvalue weighted by Crippen LogP contribution is 1.98. The van der Waals surface area contributed by atoms with E-state index < -0.39 is 18.7 Å². The zero-order valence-electron chi connectivity index (χ0n) is 13.5. The maximum Gasteiger partial charge on any atom is 0.394 e. The summed E-state index contributed by atoms with van der Waals surface area (Å²) in [6, 6.07) is 0. The molecule has 148 valence electrons. The number of hydrogen-bond donors (Lipinski definition) is 4. The molecule has 0 atom stereocenters. The fraction of sp³-hybridized carbons (Fsp3) is 0. The van der Waals surface area contributed by atoms with Crippen molar-refractivity contribution in [3.05, 3.63) is 74.4 Å². The Morgan fingerprint density at radius 1 is 0.519 bits per heavy atom. The number of nitrogens with zero attached hydrogens (tertiary/aromatic N) is 6. The molecule has 0 unspecified atom stereocenters. The number of hydrogen-bond acceptors (Lipinski definition) is 9. The zero-order valence-corrected chi connectivity index (χ0v) is 15.3. The molecule has 13 nitrogen and oxygen atoms in total. The average Bonchev–Trinajstić information content (AvgIpc) is 2.65. The van der Waals surface area contributed by atoms with Crippen molar-refractivity contribution in [3.63, 3.8) is 0 Å². The third-order valence-corrected chi connectivity index (χ3v) is 1.43. The van der Waals surface area contributed by atoms with E-state index in [0.717, 1.165) is 0 Å². The largest absolute Gasteiger partial charge is 0.394 e. The third-order valence-electron chi connectivity index (χ3n) is 1.43. The van der Waals surface area contributed by atoms with Crippen LogP contribution in [0.25, 0.3) is 0 Å². The first kappa shape index (κ1) is 26.5. The van der Waals surface area contributed by atoms with Gasteiger partial charge in [-0.05, 0) is 0 Å². The van der Waals surface area contributed by atoms with Crippen LogP contribution in [0.15, 0.2) is 74.4 Å². The van der Waals surface area contributed by atoms with Gasteiger partial charge in [0.2, 0.25) is 0 Å². The van der Waals surface area contributed by atoms with Gasteiger partial charge in [-0.3, -0.25) is 43.6 Å². The Bertz CT molecular complexity index is 605. The fourth-order valence-electron chi connectivity index (χ4n) is 0.760. The molecule has 0 aliphatic rings. The molecule has 0 spiro atoms. The first-order chi connectivity index (χ1) is 12.7. The van der Waals surface area contributed by atoms with Crippen LogP contribution >= 0.6 is 8.25 Å². The van der Waals surface area contributed by atoms with Crippen molar-refractivity contribution in [1.29, 1.82) is 0 Å². The molecule has 27 heavy (non-hydrogen) atoms. The molecular weight excluding hydrogens is 403 g/mol. The highest BCUT2D eigenvalue weighted by molar-refractivity contribution is 7.79. The zero-order chi connectivity index (χ0) is 20.8. The fourth-order valence-corrected chi connectivity index (χ4v) is 0.760. The summed E-state index contributed by atoms with van der Waals surface area (Å²) in [6.07, 6.45) is 19.7. The van der Waals surface area contributed by atoms with Crippen LogP contribution in [0.4, 0.5) is 0 Å². The molecule has 0 aliphatic heterocycles. The summed E-state index contributed by atoms with van der Waals surface area (Å²) < 4.78 is 40.3. The van der Waals surface area contributed by atoms with Crippen molar-refractivity contribution in [2.45, 2.75) is 0 Å². The monoisotopic (exact) mass is 420 g/mol. The van der Waals surface area contributed by atoms with Gasteiger partial charge in [0.25, 0.3) is 0 Å². The lowest BCUT2D eigenvalue weighted by Gasteiger charge is -1.70. The molecule has 0 amide bonds. The highest BCUT2D eigenvalue weighted by Gasteiger charge is 1.84. The summed E-state index contributed by atoms with van der Waals surface area (Å²) in [7, 11) is -7.80. The summed E-state index contributed by atoms with van der Waals surface area (Å²) in [5.74, 6) is 0. The summed E-state index contributed by atoms with van der Waals surface area (Å²) in [5.41, 5.74) is 0. The van der Waals surface area contributed by atoms with Crippen LogP contribution in [0.5, 0.6) is 0 Å². The first-order valence-electron chi connectivity index (χ1n) is 6.45. The molecule has 15 heteroatoms. The molecule has 0 bridgehead atoms. The Kier molecular flexibility index (Phi) is 19.2. The van der Waals surface area contributed by atoms with Crippen LogP contribution < -0.4 is 0 Å². The van der Waals surface area contributed by atoms with Crippen LogP contribution in [-0.4, -0.2) is 57.2 Å². The third kappa shape index (κ3) is 45.1. The maximum atomic E-state index is 8.74. The van der Waals surface area contributed by atoms with E-state index >= 15 is 0 Å². The van der Waals surface area contributed by atoms with Gasteiger partial charge >= 0.3 is 18.7 Å². The quantitative estimate of drug-likeness (QED) is 0.282. The van der Waals surface area contributed by atoms with E-state index in [0.29, 0.717) is 0 Å². The molecule has 0 radical (unpaired) electrons. The molecule has 0 fully saturated rings. The lowest BCUT2D eigenvalue weighted by atomic mass is 10.8. The Morgan fingerprint density at radius 2 is 0.593 bits per heavy atom. The Hall–Kier alpha value is -2.74. The second-order valence-corrected chi connectivity index (χ2v) is 4.87. The molecule has 0 saturated heterocycles. The van der Waals surface area contributed by atoms with Crippen molar-refractivity contribution in [1.82, 2.24) is 29.9 Å². The molecule has 3 heterocycles. The molecule has 3 rings (SSSR count). The second-order valence-electron chi connectivity index (χ2n) is 3.41. The van der Waals surface area contributed by atoms with Gasteiger partial charge in [0.05, 0.1) is 0 Å². The topological polar surface area (TPSA) is 209 Å². The predicted octanol–water partition coefficient (Wildman–Crippen LogP) is 0.138. The van der Waals surface area contributed by atoms with Gasteiger partial charge in [-0.2, -0.15) is 8.42 Å². The standard InChI is InChI=1S/3C4H4N2.H2O4S.H3O3P/c3*1-2-6-4-3-5-1;1-5(2,3)4;1-4(2)3/h3*1-4H;(H2,1,2,3,4);4H,(H2,1,2,3). The van der Waals surface area contributed by atoms with Gasteiger partial charge in [-0.1, -0.05) is 0 Å². The van der Waals surface area contributed by atoms with E-state index in [1.165, 1.54) is 0 Å². The SMILES string of the molecule is O=S(=O)(O)O.O=[PH](O)O.c1cnccn1.c1cnccn1.c1cnccn1. The van der Waals surface area contributed by atoms with E-state index in [1.54, 1.807) is 74.4 Å². The molecule has 0 saturated carbocycles. The predicted molar refractivity (Wildman–Crippen MR) is 93.7 cm³/mol. The van der Waals surface area contributed by atoms with Crippen molar-refractivity contribution in [3.8, 4) is 0 Å². The van der Waals surface area contributed by atoms with Gasteiger partial charge in [0.1, 0.15) is 0 Å². The minimum absolute atomic E-state index is 1.64. The van der Waals surface area contributed by atoms with Crippen LogP contribution in [0.1, 0.15) is 0 Å². The van der Waals surface area contributed by atoms with Gasteiger partial charge in [-0.25, -0.2) is 0 Å². The van der Waals surface area contributed by atoms with Crippen LogP contribution in [0.3, 0.4) is 0 Å². The highest BCUT2D eigenvalue weighted by atomic mass is 32.3. The molecule has 4 N–H and O–H groups in total. The summed E-state index contributed by atoms with van der Waals surface area (Å²) >= 11 is 0. The molecule has 3 aromatic rings. The molecule has 3 aromatic heterocycles. The van der Waals surface area contributed by atoms with E-state index in [4.69, 9.17) is 31.9 Å². The van der Waals surface area contributed by atoms with Gasteiger partial charge < -0.3 is 9.79 Å². The average molecular weight is 420 g/mol. The van der Waals surface area contributed by atoms with Crippen molar-refractivity contribution < 1.29 is 31.9 Å². The van der Waals surface area contributed by atoms with Gasteiger partial charge in [0, 0.05) is 74.4 Å². The van der Waals surface area contributed by atoms with Crippen LogP contribution in [0.2, 0.25) is 0 Å². The van der Waals surface area contributed by atoms with Crippen molar-refractivity contribution in [2.75, 3.05) is 0 Å². The normalized spacial score (nSPS) is 8.78. The first-order valence-corrected chi connectivity index (χ1v) is 9.15. The van der Waals surface area contributed by atoms with E-state index in [1.807, 2.05) is 0 Å². The van der Waals surface area contributed by atoms with E-state index in [2.05, 4.69) is 29.9 Å². The molecular formula is C12H17N6O7PS. The lowest BCUT2D eigenvalue weighted by molar-refractivity contribution is 0.380. The molecule has 0 aromatic carbocycles. The van der Waals surface area contributed by atoms with Crippen molar-refractivity contribution >= 4 is 18.7 Å². The summed E-state index contributed by atoms with van der Waals surface area (Å²) in [5, 5.41) is 0. The second kappa shape index (κ2) is 19.6. The van der Waals surface area contributed by atoms with Crippen LogP contribution in [-0.2, 0) is 15.0 Å². The smallest absolute Gasteiger partial charge is 0.326 e. The minimum Gasteiger partial charge on any atom is -0.326 e. The Morgan fingerprint density at radius 3 is 0.630 bits per heavy atom. The number of rotatable bonds is 0. The Balaban J connectivity index is 0. The van der Waals surface area contributed by atoms with Gasteiger partial charge in [0.15, 0.2) is 0 Å². The minimum atomic E-state index is -4.67. The maximum absolute atomic E-state index is 8.74. The van der Waals surface area contributed by atoms with E-state index in [-0.39, 0.29) is 0 Å². The van der Waals surface area contributed by atoms with Gasteiger partial charge in [-0.15, -0.1) is 0 Å². The summed E-state index contributed by atoms with van der Waals surface area (Å²) in [4.78, 5) is 36.6. The summed E-state index contributed by atoms with van der Waals surface area (Å²) in [6.45, 7) is 0. The lowest BCUT2D eigenvalue weighted by Crippen LogP contribution is -1.89.